The van der Waals surface area contributed by atoms with E-state index in [2.05, 4.69) is 83.6 Å². The quantitative estimate of drug-likeness (QED) is 0.147. The fourth-order valence-electron chi connectivity index (χ4n) is 5.48. The van der Waals surface area contributed by atoms with E-state index in [1.165, 1.54) is 23.5 Å². The molecule has 39 heavy (non-hydrogen) atoms. The number of aromatic nitrogens is 2. The number of carbonyl (C=O) groups excluding carboxylic acids is 1. The van der Waals surface area contributed by atoms with Crippen molar-refractivity contribution >= 4 is 27.2 Å². The van der Waals surface area contributed by atoms with Gasteiger partial charge in [0, 0.05) is 17.3 Å². The molecule has 2 heterocycles. The van der Waals surface area contributed by atoms with Gasteiger partial charge >= 0.3 is 0 Å². The monoisotopic (exact) mass is 530 g/mol. The van der Waals surface area contributed by atoms with Gasteiger partial charge in [-0.15, -0.1) is 11.3 Å². The Kier molecular flexibility index (Phi) is 6.67. The molecule has 0 aliphatic rings. The molecule has 6 aromatic rings. The molecule has 0 unspecified atom stereocenters. The third kappa shape index (κ3) is 4.49. The summed E-state index contributed by atoms with van der Waals surface area (Å²) in [4.78, 5) is 18.7. The first-order valence-electron chi connectivity index (χ1n) is 13.0. The summed E-state index contributed by atoms with van der Waals surface area (Å²) in [6, 6.07) is 36.0. The Bertz CT molecular complexity index is 1640. The van der Waals surface area contributed by atoms with Crippen LogP contribution in [0, 0.1) is 12.7 Å². The zero-order valence-electron chi connectivity index (χ0n) is 21.6. The molecule has 2 aromatic heterocycles. The summed E-state index contributed by atoms with van der Waals surface area (Å²) in [5.74, 6) is -0.226. The van der Waals surface area contributed by atoms with Gasteiger partial charge in [0.2, 0.25) is 0 Å². The first-order valence-corrected chi connectivity index (χ1v) is 13.8. The Morgan fingerprint density at radius 3 is 1.97 bits per heavy atom. The molecular weight excluding hydrogens is 503 g/mol. The number of Topliss-reactive ketones (excluding diaryl/α,β-unsaturated/α-hetero) is 1. The van der Waals surface area contributed by atoms with Crippen molar-refractivity contribution in [2.24, 2.45) is 0 Å². The number of halogens is 1. The van der Waals surface area contributed by atoms with Crippen molar-refractivity contribution in [3.8, 4) is 0 Å². The number of imidazole rings is 1. The Balaban J connectivity index is 1.37. The van der Waals surface area contributed by atoms with Crippen molar-refractivity contribution in [3.63, 3.8) is 0 Å². The third-order valence-corrected chi connectivity index (χ3v) is 8.67. The van der Waals surface area contributed by atoms with E-state index in [-0.39, 0.29) is 11.6 Å². The predicted molar refractivity (Wildman–Crippen MR) is 156 cm³/mol. The average molecular weight is 531 g/mol. The summed E-state index contributed by atoms with van der Waals surface area (Å²) >= 11 is 1.44. The van der Waals surface area contributed by atoms with Crippen molar-refractivity contribution < 1.29 is 9.18 Å². The number of hydrogen-bond donors (Lipinski definition) is 0. The van der Waals surface area contributed by atoms with Gasteiger partial charge in [0.25, 0.3) is 0 Å². The van der Waals surface area contributed by atoms with E-state index < -0.39 is 5.54 Å². The lowest BCUT2D eigenvalue weighted by Crippen LogP contribution is -2.36. The van der Waals surface area contributed by atoms with E-state index in [4.69, 9.17) is 4.98 Å². The summed E-state index contributed by atoms with van der Waals surface area (Å²) < 4.78 is 16.9. The lowest BCUT2D eigenvalue weighted by Gasteiger charge is -2.37. The van der Waals surface area contributed by atoms with Gasteiger partial charge < -0.3 is 4.57 Å². The van der Waals surface area contributed by atoms with E-state index in [9.17, 15) is 9.18 Å². The number of nitrogens with zero attached hydrogens (tertiary/aromatic N) is 2. The van der Waals surface area contributed by atoms with Crippen LogP contribution in [0.1, 0.15) is 44.0 Å². The molecule has 0 aliphatic carbocycles. The second-order valence-corrected chi connectivity index (χ2v) is 10.8. The number of carbonyl (C=O) groups is 1. The Morgan fingerprint density at radius 1 is 0.846 bits per heavy atom. The van der Waals surface area contributed by atoms with E-state index >= 15 is 0 Å². The normalized spacial score (nSPS) is 11.6. The van der Waals surface area contributed by atoms with Crippen LogP contribution in [0.2, 0.25) is 0 Å². The van der Waals surface area contributed by atoms with Crippen LogP contribution in [0.15, 0.2) is 122 Å². The highest BCUT2D eigenvalue weighted by molar-refractivity contribution is 7.21. The number of aryl methyl sites for hydroxylation is 2. The number of benzene rings is 4. The summed E-state index contributed by atoms with van der Waals surface area (Å²) in [6.45, 7) is 1.90. The number of rotatable bonds is 8. The predicted octanol–water partition coefficient (Wildman–Crippen LogP) is 8.20. The number of ketones is 1. The van der Waals surface area contributed by atoms with Gasteiger partial charge in [0.1, 0.15) is 11.4 Å². The molecule has 0 aliphatic heterocycles. The lowest BCUT2D eigenvalue weighted by atomic mass is 9.77. The molecule has 0 spiro atoms. The molecule has 0 N–H and O–H groups in total. The third-order valence-electron chi connectivity index (χ3n) is 7.36. The summed E-state index contributed by atoms with van der Waals surface area (Å²) in [6.07, 6.45) is 4.79. The van der Waals surface area contributed by atoms with Crippen molar-refractivity contribution in [1.82, 2.24) is 9.55 Å². The van der Waals surface area contributed by atoms with Gasteiger partial charge in [-0.05, 0) is 59.2 Å². The zero-order chi connectivity index (χ0) is 26.8. The SMILES string of the molecule is Cc1c(C(=O)CCc2cn(C(c3ccccc3)(c3ccccc3)c3ccccc3)cn2)sc2ccc(F)cc12. The smallest absolute Gasteiger partial charge is 0.173 e. The molecule has 3 nitrogen and oxygen atoms in total. The fourth-order valence-corrected chi connectivity index (χ4v) is 6.63. The minimum absolute atomic E-state index is 0.0594. The Hall–Kier alpha value is -4.35. The molecule has 192 valence electrons. The molecule has 0 fully saturated rings. The van der Waals surface area contributed by atoms with Crippen LogP contribution in [0.3, 0.4) is 0 Å². The maximum atomic E-state index is 13.8. The van der Waals surface area contributed by atoms with E-state index in [0.717, 1.165) is 38.0 Å². The molecular formula is C34H27FN2OS. The van der Waals surface area contributed by atoms with Gasteiger partial charge in [-0.3, -0.25) is 4.79 Å². The molecule has 0 saturated carbocycles. The minimum Gasteiger partial charge on any atom is -0.319 e. The zero-order valence-corrected chi connectivity index (χ0v) is 22.4. The standard InChI is InChI=1S/C34H27FN2OS/c1-24-30-21-28(35)17-20-32(30)39-33(24)31(38)19-18-29-22-37(23-36-29)34(25-11-5-2-6-12-25,26-13-7-3-8-14-26)27-15-9-4-10-16-27/h2-17,20-23H,18-19H2,1H3. The maximum absolute atomic E-state index is 13.8. The lowest BCUT2D eigenvalue weighted by molar-refractivity contribution is 0.0986. The van der Waals surface area contributed by atoms with Crippen LogP contribution < -0.4 is 0 Å². The van der Waals surface area contributed by atoms with Gasteiger partial charge in [-0.1, -0.05) is 91.0 Å². The second kappa shape index (κ2) is 10.4. The van der Waals surface area contributed by atoms with E-state index in [1.807, 2.05) is 31.5 Å². The van der Waals surface area contributed by atoms with Crippen LogP contribution in [0.4, 0.5) is 4.39 Å². The van der Waals surface area contributed by atoms with Gasteiger partial charge in [0.05, 0.1) is 16.9 Å². The summed E-state index contributed by atoms with van der Waals surface area (Å²) in [7, 11) is 0. The molecule has 0 saturated heterocycles. The number of thiophene rings is 1. The fraction of sp³-hybridized carbons (Fsp3) is 0.118. The van der Waals surface area contributed by atoms with Gasteiger partial charge in [0.15, 0.2) is 5.78 Å². The topological polar surface area (TPSA) is 34.9 Å². The Morgan fingerprint density at radius 2 is 1.41 bits per heavy atom. The average Bonchev–Trinajstić information content (AvgIpc) is 3.59. The highest BCUT2D eigenvalue weighted by atomic mass is 32.1. The first-order chi connectivity index (χ1) is 19.1. The molecule has 0 bridgehead atoms. The molecule has 0 radical (unpaired) electrons. The van der Waals surface area contributed by atoms with Crippen LogP contribution in [0.25, 0.3) is 10.1 Å². The van der Waals surface area contributed by atoms with Crippen LogP contribution >= 0.6 is 11.3 Å². The van der Waals surface area contributed by atoms with E-state index in [1.54, 1.807) is 6.07 Å². The first kappa shape index (κ1) is 25.0. The number of fused-ring (bicyclic) bond motifs is 1. The van der Waals surface area contributed by atoms with E-state index in [0.29, 0.717) is 17.7 Å². The molecule has 0 amide bonds. The van der Waals surface area contributed by atoms with Gasteiger partial charge in [-0.25, -0.2) is 9.37 Å². The van der Waals surface area contributed by atoms with Crippen molar-refractivity contribution in [2.45, 2.75) is 25.3 Å². The summed E-state index contributed by atoms with van der Waals surface area (Å²) in [5.41, 5.74) is 4.42. The highest BCUT2D eigenvalue weighted by Crippen LogP contribution is 2.41. The van der Waals surface area contributed by atoms with Gasteiger partial charge in [-0.2, -0.15) is 0 Å². The molecule has 5 heteroatoms. The van der Waals surface area contributed by atoms with Crippen molar-refractivity contribution in [2.75, 3.05) is 0 Å². The number of hydrogen-bond acceptors (Lipinski definition) is 3. The molecule has 6 rings (SSSR count). The largest absolute Gasteiger partial charge is 0.319 e. The second-order valence-electron chi connectivity index (χ2n) is 9.70. The van der Waals surface area contributed by atoms with Crippen molar-refractivity contribution in [3.05, 3.63) is 160 Å². The van der Waals surface area contributed by atoms with Crippen LogP contribution in [0.5, 0.6) is 0 Å². The van der Waals surface area contributed by atoms with Crippen LogP contribution in [-0.2, 0) is 12.0 Å². The van der Waals surface area contributed by atoms with Crippen LogP contribution in [-0.4, -0.2) is 15.3 Å². The van der Waals surface area contributed by atoms with Crippen molar-refractivity contribution in [1.29, 1.82) is 0 Å². The molecule has 0 atom stereocenters. The minimum atomic E-state index is -0.634. The summed E-state index contributed by atoms with van der Waals surface area (Å²) in [5, 5.41) is 0.811. The molecule has 4 aromatic carbocycles. The highest BCUT2D eigenvalue weighted by Gasteiger charge is 2.38. The maximum Gasteiger partial charge on any atom is 0.173 e. The Labute approximate surface area is 231 Å².